The van der Waals surface area contributed by atoms with Crippen molar-refractivity contribution in [1.82, 2.24) is 4.57 Å². The van der Waals surface area contributed by atoms with Gasteiger partial charge in [0.1, 0.15) is 11.9 Å². The molecule has 0 aliphatic heterocycles. The number of benzene rings is 1. The van der Waals surface area contributed by atoms with Crippen LogP contribution in [0.3, 0.4) is 0 Å². The lowest BCUT2D eigenvalue weighted by atomic mass is 10.1. The number of ketones is 1. The third-order valence-electron chi connectivity index (χ3n) is 3.94. The molecular weight excluding hydrogens is 327 g/mol. The second-order valence-corrected chi connectivity index (χ2v) is 5.45. The number of nitrogens with one attached hydrogen (secondary N) is 1. The number of nitrogens with zero attached hydrogens (tertiary/aromatic N) is 2. The van der Waals surface area contributed by atoms with Gasteiger partial charge in [-0.25, -0.2) is 4.39 Å². The molecule has 2 amide bonds. The number of aromatic nitrogens is 1. The van der Waals surface area contributed by atoms with Crippen LogP contribution in [0.2, 0.25) is 0 Å². The minimum absolute atomic E-state index is 0.0342. The second-order valence-electron chi connectivity index (χ2n) is 5.45. The third kappa shape index (κ3) is 3.12. The summed E-state index contributed by atoms with van der Waals surface area (Å²) in [7, 11) is 1.54. The fourth-order valence-corrected chi connectivity index (χ4v) is 2.63. The number of primary amides is 1. The Labute approximate surface area is 142 Å². The Morgan fingerprint density at radius 1 is 1.28 bits per heavy atom. The molecule has 2 rings (SSSR count). The van der Waals surface area contributed by atoms with Crippen molar-refractivity contribution >= 4 is 23.3 Å². The first-order chi connectivity index (χ1) is 11.7. The molecule has 0 spiro atoms. The molecule has 0 aliphatic carbocycles. The maximum atomic E-state index is 13.4. The van der Waals surface area contributed by atoms with Crippen LogP contribution in [0.15, 0.2) is 18.2 Å². The minimum atomic E-state index is -1.12. The maximum Gasteiger partial charge on any atom is 0.291 e. The van der Waals surface area contributed by atoms with E-state index in [0.717, 1.165) is 6.07 Å². The van der Waals surface area contributed by atoms with Crippen LogP contribution >= 0.6 is 0 Å². The van der Waals surface area contributed by atoms with Crippen molar-refractivity contribution in [2.24, 2.45) is 12.8 Å². The molecule has 0 radical (unpaired) electrons. The molecule has 0 saturated heterocycles. The summed E-state index contributed by atoms with van der Waals surface area (Å²) in [5.74, 6) is -3.25. The summed E-state index contributed by atoms with van der Waals surface area (Å²) < 4.78 is 14.8. The monoisotopic (exact) mass is 342 g/mol. The predicted molar refractivity (Wildman–Crippen MR) is 87.5 cm³/mol. The van der Waals surface area contributed by atoms with Crippen molar-refractivity contribution in [2.75, 3.05) is 5.32 Å². The molecule has 0 fully saturated rings. The van der Waals surface area contributed by atoms with Gasteiger partial charge in [0.05, 0.1) is 16.8 Å². The summed E-state index contributed by atoms with van der Waals surface area (Å²) in [6.07, 6.45) is 0. The Kier molecular flexibility index (Phi) is 4.70. The van der Waals surface area contributed by atoms with Crippen LogP contribution in [0, 0.1) is 31.0 Å². The maximum absolute atomic E-state index is 13.4. The third-order valence-corrected chi connectivity index (χ3v) is 3.94. The van der Waals surface area contributed by atoms with E-state index < -0.39 is 23.4 Å². The highest BCUT2D eigenvalue weighted by Gasteiger charge is 2.27. The molecular formula is C17H15FN4O3. The summed E-state index contributed by atoms with van der Waals surface area (Å²) in [5, 5.41) is 11.4. The Morgan fingerprint density at radius 2 is 1.92 bits per heavy atom. The number of amides is 2. The molecule has 0 aliphatic rings. The van der Waals surface area contributed by atoms with Crippen LogP contribution in [0.4, 0.5) is 10.1 Å². The van der Waals surface area contributed by atoms with Crippen molar-refractivity contribution < 1.29 is 18.8 Å². The standard InChI is InChI=1S/C17H15FN4O3/c1-8-13(9(2)22(3)14(8)15(23)16(20)24)17(25)21-11-4-5-12(18)10(6-11)7-19/h4-6H,1-3H3,(H2,20,24)(H,21,25). The molecule has 25 heavy (non-hydrogen) atoms. The number of rotatable bonds is 4. The lowest BCUT2D eigenvalue weighted by Gasteiger charge is -2.07. The van der Waals surface area contributed by atoms with Crippen LogP contribution in [-0.4, -0.2) is 22.2 Å². The second kappa shape index (κ2) is 6.57. The molecule has 7 nitrogen and oxygen atoms in total. The fourth-order valence-electron chi connectivity index (χ4n) is 2.63. The summed E-state index contributed by atoms with van der Waals surface area (Å²) >= 11 is 0. The van der Waals surface area contributed by atoms with E-state index in [-0.39, 0.29) is 22.5 Å². The molecule has 1 aromatic heterocycles. The molecule has 0 unspecified atom stereocenters. The van der Waals surface area contributed by atoms with Crippen molar-refractivity contribution in [3.63, 3.8) is 0 Å². The normalized spacial score (nSPS) is 10.2. The van der Waals surface area contributed by atoms with Crippen molar-refractivity contribution in [3.05, 3.63) is 52.1 Å². The molecule has 8 heteroatoms. The Balaban J connectivity index is 2.44. The van der Waals surface area contributed by atoms with Gasteiger partial charge in [-0.3, -0.25) is 14.4 Å². The van der Waals surface area contributed by atoms with Crippen LogP contribution in [0.5, 0.6) is 0 Å². The van der Waals surface area contributed by atoms with Crippen molar-refractivity contribution in [1.29, 1.82) is 5.26 Å². The van der Waals surface area contributed by atoms with Crippen LogP contribution in [-0.2, 0) is 11.8 Å². The summed E-state index contributed by atoms with van der Waals surface area (Å²) in [6, 6.07) is 5.28. The van der Waals surface area contributed by atoms with Gasteiger partial charge in [-0.1, -0.05) is 0 Å². The molecule has 1 heterocycles. The topological polar surface area (TPSA) is 118 Å². The minimum Gasteiger partial charge on any atom is -0.363 e. The van der Waals surface area contributed by atoms with Crippen LogP contribution < -0.4 is 11.1 Å². The Hall–Kier alpha value is -3.47. The van der Waals surface area contributed by atoms with Gasteiger partial charge >= 0.3 is 0 Å². The van der Waals surface area contributed by atoms with Gasteiger partial charge in [0, 0.05) is 18.4 Å². The summed E-state index contributed by atoms with van der Waals surface area (Å²) in [6.45, 7) is 3.15. The predicted octanol–water partition coefficient (Wildman–Crippen LogP) is 1.57. The summed E-state index contributed by atoms with van der Waals surface area (Å²) in [5.41, 5.74) is 6.08. The average molecular weight is 342 g/mol. The van der Waals surface area contributed by atoms with E-state index in [0.29, 0.717) is 11.3 Å². The van der Waals surface area contributed by atoms with Crippen molar-refractivity contribution in [2.45, 2.75) is 13.8 Å². The molecule has 0 atom stereocenters. The number of carbonyl (C=O) groups excluding carboxylic acids is 3. The number of hydrogen-bond acceptors (Lipinski definition) is 4. The quantitative estimate of drug-likeness (QED) is 0.647. The number of Topliss-reactive ketones (excluding diaryl/α,β-unsaturated/α-hetero) is 1. The van der Waals surface area contributed by atoms with Gasteiger partial charge in [0.2, 0.25) is 0 Å². The van der Waals surface area contributed by atoms with E-state index in [1.54, 1.807) is 20.0 Å². The fraction of sp³-hybridized carbons (Fsp3) is 0.176. The lowest BCUT2D eigenvalue weighted by Crippen LogP contribution is -2.25. The highest BCUT2D eigenvalue weighted by molar-refractivity contribution is 6.42. The molecule has 0 saturated carbocycles. The SMILES string of the molecule is Cc1c(C(=O)Nc2ccc(F)c(C#N)c2)c(C)n(C)c1C(=O)C(N)=O. The Bertz CT molecular complexity index is 954. The molecule has 3 N–H and O–H groups in total. The smallest absolute Gasteiger partial charge is 0.291 e. The van der Waals surface area contributed by atoms with Gasteiger partial charge in [-0.2, -0.15) is 5.26 Å². The first kappa shape index (κ1) is 17.9. The molecule has 128 valence electrons. The van der Waals surface area contributed by atoms with E-state index in [1.165, 1.54) is 23.6 Å². The first-order valence-corrected chi connectivity index (χ1v) is 7.20. The highest BCUT2D eigenvalue weighted by atomic mass is 19.1. The zero-order chi connectivity index (χ0) is 18.9. The van der Waals surface area contributed by atoms with Gasteiger partial charge in [0.15, 0.2) is 0 Å². The summed E-state index contributed by atoms with van der Waals surface area (Å²) in [4.78, 5) is 35.7. The number of halogens is 1. The number of nitrogens with two attached hydrogens (primary N) is 1. The van der Waals surface area contributed by atoms with Gasteiger partial charge in [-0.15, -0.1) is 0 Å². The average Bonchev–Trinajstić information content (AvgIpc) is 2.78. The number of carbonyl (C=O) groups is 3. The largest absolute Gasteiger partial charge is 0.363 e. The molecule has 0 bridgehead atoms. The lowest BCUT2D eigenvalue weighted by molar-refractivity contribution is -0.114. The zero-order valence-electron chi connectivity index (χ0n) is 13.8. The number of hydrogen-bond donors (Lipinski definition) is 2. The number of nitriles is 1. The van der Waals surface area contributed by atoms with Crippen LogP contribution in [0.1, 0.15) is 37.7 Å². The van der Waals surface area contributed by atoms with Gasteiger partial charge < -0.3 is 15.6 Å². The highest BCUT2D eigenvalue weighted by Crippen LogP contribution is 2.23. The van der Waals surface area contributed by atoms with E-state index in [1.807, 2.05) is 0 Å². The molecule has 1 aromatic carbocycles. The van der Waals surface area contributed by atoms with Crippen molar-refractivity contribution in [3.8, 4) is 6.07 Å². The van der Waals surface area contributed by atoms with E-state index in [9.17, 15) is 18.8 Å². The zero-order valence-corrected chi connectivity index (χ0v) is 13.8. The van der Waals surface area contributed by atoms with Crippen LogP contribution in [0.25, 0.3) is 0 Å². The van der Waals surface area contributed by atoms with E-state index in [4.69, 9.17) is 11.0 Å². The Morgan fingerprint density at radius 3 is 2.48 bits per heavy atom. The first-order valence-electron chi connectivity index (χ1n) is 7.20. The van der Waals surface area contributed by atoms with E-state index >= 15 is 0 Å². The van der Waals surface area contributed by atoms with Gasteiger partial charge in [-0.05, 0) is 37.6 Å². The number of anilines is 1. The van der Waals surface area contributed by atoms with E-state index in [2.05, 4.69) is 5.32 Å². The molecule has 2 aromatic rings. The van der Waals surface area contributed by atoms with Gasteiger partial charge in [0.25, 0.3) is 17.6 Å².